The van der Waals surface area contributed by atoms with Gasteiger partial charge in [-0.25, -0.2) is 4.39 Å². The minimum atomic E-state index is -4.55. The molecule has 18 heavy (non-hydrogen) atoms. The van der Waals surface area contributed by atoms with Gasteiger partial charge in [0, 0.05) is 5.56 Å². The van der Waals surface area contributed by atoms with Gasteiger partial charge in [-0.2, -0.15) is 24.5 Å². The maximum atomic E-state index is 13.6. The summed E-state index contributed by atoms with van der Waals surface area (Å²) in [7, 11) is 0. The van der Waals surface area contributed by atoms with Gasteiger partial charge in [-0.05, 0) is 34.5 Å². The third-order valence-electron chi connectivity index (χ3n) is 2.57. The van der Waals surface area contributed by atoms with Crippen molar-refractivity contribution in [2.24, 2.45) is 5.73 Å². The average molecular weight is 275 g/mol. The molecule has 0 aliphatic heterocycles. The molecule has 0 fully saturated rings. The fourth-order valence-corrected chi connectivity index (χ4v) is 2.28. The van der Waals surface area contributed by atoms with E-state index < -0.39 is 23.6 Å². The second kappa shape index (κ2) is 4.70. The molecule has 0 unspecified atom stereocenters. The molecule has 0 saturated heterocycles. The SMILES string of the molecule is N[C@H](c1ccsc1)c1ccc(C(F)(F)F)cc1F. The summed E-state index contributed by atoms with van der Waals surface area (Å²) < 4.78 is 50.8. The monoisotopic (exact) mass is 275 g/mol. The molecule has 0 aliphatic rings. The Morgan fingerprint density at radius 3 is 2.39 bits per heavy atom. The number of hydrogen-bond donors (Lipinski definition) is 1. The van der Waals surface area contributed by atoms with Crippen molar-refractivity contribution in [3.63, 3.8) is 0 Å². The van der Waals surface area contributed by atoms with Crippen LogP contribution in [0.1, 0.15) is 22.7 Å². The number of alkyl halides is 3. The van der Waals surface area contributed by atoms with Crippen LogP contribution in [0.3, 0.4) is 0 Å². The van der Waals surface area contributed by atoms with Crippen molar-refractivity contribution in [1.82, 2.24) is 0 Å². The molecule has 1 atom stereocenters. The second-order valence-corrected chi connectivity index (χ2v) is 4.55. The Morgan fingerprint density at radius 1 is 1.17 bits per heavy atom. The number of thiophene rings is 1. The first kappa shape index (κ1) is 13.0. The zero-order valence-electron chi connectivity index (χ0n) is 9.04. The largest absolute Gasteiger partial charge is 0.416 e. The summed E-state index contributed by atoms with van der Waals surface area (Å²) in [5, 5.41) is 3.51. The van der Waals surface area contributed by atoms with Crippen LogP contribution in [0, 0.1) is 5.82 Å². The van der Waals surface area contributed by atoms with Gasteiger partial charge in [0.15, 0.2) is 0 Å². The zero-order valence-corrected chi connectivity index (χ0v) is 9.86. The van der Waals surface area contributed by atoms with Crippen molar-refractivity contribution in [2.75, 3.05) is 0 Å². The van der Waals surface area contributed by atoms with Crippen molar-refractivity contribution in [3.05, 3.63) is 57.5 Å². The van der Waals surface area contributed by atoms with Gasteiger partial charge in [0.25, 0.3) is 0 Å². The van der Waals surface area contributed by atoms with Gasteiger partial charge in [-0.15, -0.1) is 0 Å². The van der Waals surface area contributed by atoms with E-state index in [9.17, 15) is 17.6 Å². The Bertz CT molecular complexity index is 534. The predicted molar refractivity (Wildman–Crippen MR) is 61.8 cm³/mol. The third-order valence-corrected chi connectivity index (χ3v) is 3.27. The van der Waals surface area contributed by atoms with Crippen molar-refractivity contribution in [1.29, 1.82) is 0 Å². The number of rotatable bonds is 2. The van der Waals surface area contributed by atoms with Gasteiger partial charge in [-0.3, -0.25) is 0 Å². The van der Waals surface area contributed by atoms with E-state index in [1.54, 1.807) is 16.8 Å². The maximum Gasteiger partial charge on any atom is 0.416 e. The van der Waals surface area contributed by atoms with Gasteiger partial charge in [0.05, 0.1) is 11.6 Å². The molecule has 2 rings (SSSR count). The highest BCUT2D eigenvalue weighted by molar-refractivity contribution is 7.08. The molecule has 96 valence electrons. The van der Waals surface area contributed by atoms with Gasteiger partial charge in [0.1, 0.15) is 5.82 Å². The Hall–Kier alpha value is -1.40. The van der Waals surface area contributed by atoms with E-state index in [-0.39, 0.29) is 5.56 Å². The molecule has 0 amide bonds. The molecule has 0 radical (unpaired) electrons. The van der Waals surface area contributed by atoms with Crippen molar-refractivity contribution in [3.8, 4) is 0 Å². The van der Waals surface area contributed by atoms with Gasteiger partial charge >= 0.3 is 6.18 Å². The minimum absolute atomic E-state index is 0.0569. The van der Waals surface area contributed by atoms with Gasteiger partial charge < -0.3 is 5.73 Å². The highest BCUT2D eigenvalue weighted by Crippen LogP contribution is 2.32. The lowest BCUT2D eigenvalue weighted by molar-refractivity contribution is -0.137. The number of benzene rings is 1. The van der Waals surface area contributed by atoms with Crippen molar-refractivity contribution < 1.29 is 17.6 Å². The molecular weight excluding hydrogens is 266 g/mol. The Labute approximate surface area is 105 Å². The van der Waals surface area contributed by atoms with Crippen LogP contribution in [0.5, 0.6) is 0 Å². The Kier molecular flexibility index (Phi) is 3.41. The molecule has 0 bridgehead atoms. The van der Waals surface area contributed by atoms with Gasteiger partial charge in [-0.1, -0.05) is 6.07 Å². The molecule has 2 aromatic rings. The number of hydrogen-bond acceptors (Lipinski definition) is 2. The van der Waals surface area contributed by atoms with E-state index in [2.05, 4.69) is 0 Å². The van der Waals surface area contributed by atoms with E-state index in [1.165, 1.54) is 11.3 Å². The van der Waals surface area contributed by atoms with Crippen LogP contribution in [-0.4, -0.2) is 0 Å². The van der Waals surface area contributed by atoms with E-state index in [0.29, 0.717) is 11.6 Å². The first-order valence-electron chi connectivity index (χ1n) is 5.04. The van der Waals surface area contributed by atoms with Crippen LogP contribution in [-0.2, 0) is 6.18 Å². The summed E-state index contributed by atoms with van der Waals surface area (Å²) >= 11 is 1.39. The van der Waals surface area contributed by atoms with Crippen LogP contribution in [0.2, 0.25) is 0 Å². The third kappa shape index (κ3) is 2.54. The first-order chi connectivity index (χ1) is 8.39. The summed E-state index contributed by atoms with van der Waals surface area (Å²) in [4.78, 5) is 0. The predicted octanol–water partition coefficient (Wildman–Crippen LogP) is 3.95. The molecule has 1 heterocycles. The van der Waals surface area contributed by atoms with Crippen LogP contribution in [0.25, 0.3) is 0 Å². The summed E-state index contributed by atoms with van der Waals surface area (Å²) in [5.74, 6) is -0.941. The molecule has 2 N–H and O–H groups in total. The van der Waals surface area contributed by atoms with Crippen LogP contribution >= 0.6 is 11.3 Å². The highest BCUT2D eigenvalue weighted by Gasteiger charge is 2.31. The lowest BCUT2D eigenvalue weighted by Crippen LogP contribution is -2.14. The molecule has 0 saturated carbocycles. The molecule has 0 aliphatic carbocycles. The van der Waals surface area contributed by atoms with Gasteiger partial charge in [0.2, 0.25) is 0 Å². The summed E-state index contributed by atoms with van der Waals surface area (Å²) in [6, 6.07) is 3.36. The maximum absolute atomic E-state index is 13.6. The highest BCUT2D eigenvalue weighted by atomic mass is 32.1. The molecule has 1 nitrogen and oxygen atoms in total. The lowest BCUT2D eigenvalue weighted by atomic mass is 10.00. The van der Waals surface area contributed by atoms with Crippen LogP contribution < -0.4 is 5.73 Å². The van der Waals surface area contributed by atoms with E-state index in [1.807, 2.05) is 0 Å². The quantitative estimate of drug-likeness (QED) is 0.825. The fourth-order valence-electron chi connectivity index (χ4n) is 1.59. The summed E-state index contributed by atoms with van der Waals surface area (Å²) in [6.45, 7) is 0. The standard InChI is InChI=1S/C12H9F4NS/c13-10-5-8(12(14,15)16)1-2-9(10)11(17)7-3-4-18-6-7/h1-6,11H,17H2/t11-/m1/s1. The molecule has 1 aromatic heterocycles. The lowest BCUT2D eigenvalue weighted by Gasteiger charge is -2.13. The normalized spacial score (nSPS) is 13.6. The summed E-state index contributed by atoms with van der Waals surface area (Å²) in [5.41, 5.74) is 5.53. The fraction of sp³-hybridized carbons (Fsp3) is 0.167. The van der Waals surface area contributed by atoms with Crippen molar-refractivity contribution in [2.45, 2.75) is 12.2 Å². The smallest absolute Gasteiger partial charge is 0.320 e. The summed E-state index contributed by atoms with van der Waals surface area (Å²) in [6.07, 6.45) is -4.55. The van der Waals surface area contributed by atoms with E-state index >= 15 is 0 Å². The average Bonchev–Trinajstić information content (AvgIpc) is 2.80. The Morgan fingerprint density at radius 2 is 1.89 bits per heavy atom. The van der Waals surface area contributed by atoms with E-state index in [4.69, 9.17) is 5.73 Å². The van der Waals surface area contributed by atoms with Crippen LogP contribution in [0.15, 0.2) is 35.0 Å². The second-order valence-electron chi connectivity index (χ2n) is 3.77. The van der Waals surface area contributed by atoms with Crippen molar-refractivity contribution >= 4 is 11.3 Å². The molecule has 6 heteroatoms. The molecule has 0 spiro atoms. The van der Waals surface area contributed by atoms with Crippen LogP contribution in [0.4, 0.5) is 17.6 Å². The number of halogens is 4. The molecular formula is C12H9F4NS. The Balaban J connectivity index is 2.36. The minimum Gasteiger partial charge on any atom is -0.320 e. The number of nitrogens with two attached hydrogens (primary N) is 1. The first-order valence-corrected chi connectivity index (χ1v) is 5.98. The molecule has 1 aromatic carbocycles. The zero-order chi connectivity index (χ0) is 13.3. The topological polar surface area (TPSA) is 26.0 Å². The van der Waals surface area contributed by atoms with E-state index in [0.717, 1.165) is 12.1 Å².